The molecule has 1 aliphatic carbocycles. The lowest BCUT2D eigenvalue weighted by atomic mass is 10.0. The first-order chi connectivity index (χ1) is 8.12. The van der Waals surface area contributed by atoms with Crippen LogP contribution in [0.25, 0.3) is 0 Å². The third-order valence-electron chi connectivity index (χ3n) is 4.05. The number of rotatable bonds is 2. The Morgan fingerprint density at radius 1 is 0.882 bits per heavy atom. The van der Waals surface area contributed by atoms with Crippen molar-refractivity contribution >= 4 is 10.0 Å². The Kier molecular flexibility index (Phi) is 4.44. The van der Waals surface area contributed by atoms with Crippen LogP contribution in [0.4, 0.5) is 0 Å². The molecule has 0 aromatic heterocycles. The maximum atomic E-state index is 12.5. The van der Waals surface area contributed by atoms with Gasteiger partial charge >= 0.3 is 0 Å². The predicted octanol–water partition coefficient (Wildman–Crippen LogP) is 1.81. The van der Waals surface area contributed by atoms with Crippen molar-refractivity contribution in [3.8, 4) is 0 Å². The highest BCUT2D eigenvalue weighted by Gasteiger charge is 2.36. The van der Waals surface area contributed by atoms with Crippen molar-refractivity contribution in [2.75, 3.05) is 6.54 Å². The summed E-state index contributed by atoms with van der Waals surface area (Å²) in [6.45, 7) is 0.625. The van der Waals surface area contributed by atoms with Crippen LogP contribution in [0.5, 0.6) is 0 Å². The van der Waals surface area contributed by atoms with Gasteiger partial charge in [0.05, 0.1) is 11.4 Å². The normalized spacial score (nSPS) is 30.1. The molecule has 0 radical (unpaired) electrons. The Bertz CT molecular complexity index is 336. The summed E-state index contributed by atoms with van der Waals surface area (Å²) < 4.78 is 26.7. The Balaban J connectivity index is 2.11. The third kappa shape index (κ3) is 3.01. The molecule has 1 aliphatic heterocycles. The summed E-state index contributed by atoms with van der Waals surface area (Å²) >= 11 is 0. The zero-order chi connectivity index (χ0) is 12.3. The highest BCUT2D eigenvalue weighted by Crippen LogP contribution is 2.28. The van der Waals surface area contributed by atoms with E-state index in [1.165, 1.54) is 6.42 Å². The van der Waals surface area contributed by atoms with E-state index < -0.39 is 10.0 Å². The van der Waals surface area contributed by atoms with Gasteiger partial charge in [-0.25, -0.2) is 8.42 Å². The average molecular weight is 260 g/mol. The van der Waals surface area contributed by atoms with Gasteiger partial charge in [-0.05, 0) is 25.7 Å². The van der Waals surface area contributed by atoms with E-state index in [1.807, 2.05) is 0 Å². The minimum absolute atomic E-state index is 0.166. The van der Waals surface area contributed by atoms with E-state index in [2.05, 4.69) is 0 Å². The van der Waals surface area contributed by atoms with Crippen LogP contribution in [-0.2, 0) is 10.0 Å². The van der Waals surface area contributed by atoms with Crippen LogP contribution in [0.2, 0.25) is 0 Å². The van der Waals surface area contributed by atoms with Crippen molar-refractivity contribution in [1.82, 2.24) is 4.31 Å². The Morgan fingerprint density at radius 2 is 1.47 bits per heavy atom. The smallest absolute Gasteiger partial charge is 0.218 e. The third-order valence-corrected chi connectivity index (χ3v) is 6.47. The molecule has 1 atom stereocenters. The molecule has 2 aliphatic rings. The standard InChI is InChI=1S/C12H24N2O2S/c13-12-9-5-2-6-10-14(12)17(15,16)11-7-3-1-4-8-11/h11-12H,1-10,13H2. The van der Waals surface area contributed by atoms with Gasteiger partial charge in [0.15, 0.2) is 0 Å². The van der Waals surface area contributed by atoms with Crippen LogP contribution in [0.3, 0.4) is 0 Å². The highest BCUT2D eigenvalue weighted by molar-refractivity contribution is 7.89. The van der Waals surface area contributed by atoms with Gasteiger partial charge in [-0.1, -0.05) is 32.1 Å². The van der Waals surface area contributed by atoms with Gasteiger partial charge in [0.1, 0.15) is 0 Å². The first-order valence-electron chi connectivity index (χ1n) is 6.88. The predicted molar refractivity (Wildman–Crippen MR) is 68.9 cm³/mol. The number of sulfonamides is 1. The van der Waals surface area contributed by atoms with Crippen LogP contribution in [0.1, 0.15) is 57.8 Å². The quantitative estimate of drug-likeness (QED) is 0.823. The second kappa shape index (κ2) is 5.67. The first kappa shape index (κ1) is 13.3. The molecule has 2 rings (SSSR count). The van der Waals surface area contributed by atoms with Crippen molar-refractivity contribution in [2.45, 2.75) is 69.2 Å². The molecule has 0 spiro atoms. The molecule has 0 aromatic rings. The van der Waals surface area contributed by atoms with Gasteiger partial charge in [-0.3, -0.25) is 0 Å². The maximum absolute atomic E-state index is 12.5. The van der Waals surface area contributed by atoms with E-state index in [4.69, 9.17) is 5.73 Å². The molecule has 17 heavy (non-hydrogen) atoms. The average Bonchev–Trinajstić information content (AvgIpc) is 2.55. The largest absolute Gasteiger partial charge is 0.315 e. The lowest BCUT2D eigenvalue weighted by Crippen LogP contribution is -2.49. The molecule has 1 heterocycles. The molecule has 4 nitrogen and oxygen atoms in total. The van der Waals surface area contributed by atoms with E-state index in [0.717, 1.165) is 51.4 Å². The van der Waals surface area contributed by atoms with Crippen LogP contribution >= 0.6 is 0 Å². The summed E-state index contributed by atoms with van der Waals surface area (Å²) in [5.41, 5.74) is 6.02. The molecule has 0 bridgehead atoms. The maximum Gasteiger partial charge on any atom is 0.218 e. The zero-order valence-electron chi connectivity index (χ0n) is 10.5. The van der Waals surface area contributed by atoms with Crippen LogP contribution in [-0.4, -0.2) is 30.7 Å². The molecule has 1 unspecified atom stereocenters. The molecule has 0 aromatic carbocycles. The second-order valence-corrected chi connectivity index (χ2v) is 7.50. The number of hydrogen-bond donors (Lipinski definition) is 1. The number of hydrogen-bond acceptors (Lipinski definition) is 3. The van der Waals surface area contributed by atoms with E-state index in [1.54, 1.807) is 4.31 Å². The minimum Gasteiger partial charge on any atom is -0.315 e. The van der Waals surface area contributed by atoms with Gasteiger partial charge < -0.3 is 5.73 Å². The van der Waals surface area contributed by atoms with Crippen molar-refractivity contribution in [3.63, 3.8) is 0 Å². The van der Waals surface area contributed by atoms with E-state index >= 15 is 0 Å². The Labute approximate surface area is 105 Å². The van der Waals surface area contributed by atoms with Gasteiger partial charge in [0, 0.05) is 6.54 Å². The van der Waals surface area contributed by atoms with E-state index in [0.29, 0.717) is 6.54 Å². The molecule has 5 heteroatoms. The minimum atomic E-state index is -3.15. The Hall–Kier alpha value is -0.130. The summed E-state index contributed by atoms with van der Waals surface area (Å²) in [5, 5.41) is -0.166. The lowest BCUT2D eigenvalue weighted by Gasteiger charge is -2.32. The summed E-state index contributed by atoms with van der Waals surface area (Å²) in [6, 6.07) is 0. The molecule has 100 valence electrons. The molecule has 1 saturated heterocycles. The van der Waals surface area contributed by atoms with Gasteiger partial charge in [0.25, 0.3) is 0 Å². The number of nitrogens with zero attached hydrogens (tertiary/aromatic N) is 1. The van der Waals surface area contributed by atoms with Crippen LogP contribution < -0.4 is 5.73 Å². The van der Waals surface area contributed by atoms with E-state index in [-0.39, 0.29) is 11.4 Å². The fraction of sp³-hybridized carbons (Fsp3) is 1.00. The SMILES string of the molecule is NC1CCCCCN1S(=O)(=O)C1CCCCC1. The van der Waals surface area contributed by atoms with Crippen molar-refractivity contribution in [2.24, 2.45) is 5.73 Å². The summed E-state index contributed by atoms with van der Waals surface area (Å²) in [6.07, 6.45) is 8.56. The Morgan fingerprint density at radius 3 is 2.18 bits per heavy atom. The van der Waals surface area contributed by atoms with Crippen molar-refractivity contribution in [3.05, 3.63) is 0 Å². The first-order valence-corrected chi connectivity index (χ1v) is 8.39. The second-order valence-electron chi connectivity index (χ2n) is 5.33. The summed E-state index contributed by atoms with van der Waals surface area (Å²) in [7, 11) is -3.15. The molecular formula is C12H24N2O2S. The number of nitrogens with two attached hydrogens (primary N) is 1. The van der Waals surface area contributed by atoms with Gasteiger partial charge in [0.2, 0.25) is 10.0 Å². The highest BCUT2D eigenvalue weighted by atomic mass is 32.2. The molecule has 2 fully saturated rings. The molecule has 1 saturated carbocycles. The molecular weight excluding hydrogens is 236 g/mol. The van der Waals surface area contributed by atoms with Crippen LogP contribution in [0, 0.1) is 0 Å². The van der Waals surface area contributed by atoms with Crippen LogP contribution in [0.15, 0.2) is 0 Å². The zero-order valence-corrected chi connectivity index (χ0v) is 11.3. The fourth-order valence-electron chi connectivity index (χ4n) is 2.98. The van der Waals surface area contributed by atoms with Crippen molar-refractivity contribution in [1.29, 1.82) is 0 Å². The summed E-state index contributed by atoms with van der Waals surface area (Å²) in [5.74, 6) is 0. The fourth-order valence-corrected chi connectivity index (χ4v) is 5.16. The topological polar surface area (TPSA) is 63.4 Å². The molecule has 0 amide bonds. The molecule has 2 N–H and O–H groups in total. The van der Waals surface area contributed by atoms with Gasteiger partial charge in [-0.15, -0.1) is 0 Å². The van der Waals surface area contributed by atoms with E-state index in [9.17, 15) is 8.42 Å². The van der Waals surface area contributed by atoms with Gasteiger partial charge in [-0.2, -0.15) is 4.31 Å². The monoisotopic (exact) mass is 260 g/mol. The summed E-state index contributed by atoms with van der Waals surface area (Å²) in [4.78, 5) is 0. The lowest BCUT2D eigenvalue weighted by molar-refractivity contribution is 0.318. The van der Waals surface area contributed by atoms with Crippen molar-refractivity contribution < 1.29 is 8.42 Å².